The van der Waals surface area contributed by atoms with Crippen LogP contribution in [0.4, 0.5) is 0 Å². The first-order valence-electron chi connectivity index (χ1n) is 6.21. The van der Waals surface area contributed by atoms with Crippen LogP contribution in [0.15, 0.2) is 0 Å². The quantitative estimate of drug-likeness (QED) is 0.617. The van der Waals surface area contributed by atoms with E-state index in [1.165, 1.54) is 12.8 Å². The van der Waals surface area contributed by atoms with E-state index in [9.17, 15) is 4.79 Å². The fourth-order valence-electron chi connectivity index (χ4n) is 1.76. The van der Waals surface area contributed by atoms with Crippen molar-refractivity contribution in [2.45, 2.75) is 52.4 Å². The summed E-state index contributed by atoms with van der Waals surface area (Å²) in [4.78, 5) is 11.4. The minimum absolute atomic E-state index is 0.190. The third-order valence-electron chi connectivity index (χ3n) is 2.62. The summed E-state index contributed by atoms with van der Waals surface area (Å²) in [6.45, 7) is 5.78. The van der Waals surface area contributed by atoms with Gasteiger partial charge < -0.3 is 11.1 Å². The van der Waals surface area contributed by atoms with Gasteiger partial charge in [-0.25, -0.2) is 0 Å². The molecule has 0 bridgehead atoms. The Kier molecular flexibility index (Phi) is 9.59. The van der Waals surface area contributed by atoms with Crippen molar-refractivity contribution in [3.8, 4) is 0 Å². The first kappa shape index (κ1) is 14.4. The van der Waals surface area contributed by atoms with Gasteiger partial charge in [-0.05, 0) is 31.7 Å². The number of carbonyl (C=O) groups is 1. The third kappa shape index (κ3) is 8.43. The maximum Gasteiger partial charge on any atom is 0.220 e. The Morgan fingerprint density at radius 1 is 1.20 bits per heavy atom. The monoisotopic (exact) mass is 214 g/mol. The van der Waals surface area contributed by atoms with Gasteiger partial charge in [0.2, 0.25) is 5.91 Å². The molecule has 0 radical (unpaired) electrons. The summed E-state index contributed by atoms with van der Waals surface area (Å²) in [5.41, 5.74) is 5.55. The molecule has 0 saturated carbocycles. The van der Waals surface area contributed by atoms with Crippen LogP contribution < -0.4 is 11.1 Å². The van der Waals surface area contributed by atoms with Gasteiger partial charge in [-0.1, -0.05) is 26.7 Å². The minimum atomic E-state index is 0.190. The summed E-state index contributed by atoms with van der Waals surface area (Å²) in [7, 11) is 0. The lowest BCUT2D eigenvalue weighted by atomic mass is 9.94. The van der Waals surface area contributed by atoms with Crippen molar-refractivity contribution in [2.75, 3.05) is 13.1 Å². The van der Waals surface area contributed by atoms with Crippen LogP contribution >= 0.6 is 0 Å². The maximum atomic E-state index is 11.4. The minimum Gasteiger partial charge on any atom is -0.356 e. The predicted molar refractivity (Wildman–Crippen MR) is 64.6 cm³/mol. The summed E-state index contributed by atoms with van der Waals surface area (Å²) in [6.07, 6.45) is 6.08. The lowest BCUT2D eigenvalue weighted by molar-refractivity contribution is -0.121. The summed E-state index contributed by atoms with van der Waals surface area (Å²) in [6, 6.07) is 0. The SMILES string of the molecule is CCCNC(=O)CCC(CCC)CCN. The molecule has 0 aromatic carbocycles. The van der Waals surface area contributed by atoms with Crippen LogP contribution in [0, 0.1) is 5.92 Å². The van der Waals surface area contributed by atoms with E-state index in [4.69, 9.17) is 5.73 Å². The average Bonchev–Trinajstić information content (AvgIpc) is 2.23. The van der Waals surface area contributed by atoms with Crippen LogP contribution in [0.3, 0.4) is 0 Å². The van der Waals surface area contributed by atoms with Crippen LogP contribution in [0.2, 0.25) is 0 Å². The molecule has 0 aliphatic heterocycles. The molecule has 3 N–H and O–H groups in total. The number of hydrogen-bond acceptors (Lipinski definition) is 2. The van der Waals surface area contributed by atoms with Crippen molar-refractivity contribution in [1.29, 1.82) is 0 Å². The molecule has 1 amide bonds. The Bertz CT molecular complexity index is 154. The van der Waals surface area contributed by atoms with Crippen LogP contribution in [0.5, 0.6) is 0 Å². The molecule has 0 saturated heterocycles. The lowest BCUT2D eigenvalue weighted by Gasteiger charge is -2.14. The highest BCUT2D eigenvalue weighted by molar-refractivity contribution is 5.75. The highest BCUT2D eigenvalue weighted by atomic mass is 16.1. The summed E-state index contributed by atoms with van der Waals surface area (Å²) in [5, 5.41) is 2.90. The van der Waals surface area contributed by atoms with E-state index in [-0.39, 0.29) is 5.91 Å². The Morgan fingerprint density at radius 3 is 2.47 bits per heavy atom. The molecule has 15 heavy (non-hydrogen) atoms. The van der Waals surface area contributed by atoms with Gasteiger partial charge in [0.05, 0.1) is 0 Å². The third-order valence-corrected chi connectivity index (χ3v) is 2.62. The molecule has 3 heteroatoms. The fraction of sp³-hybridized carbons (Fsp3) is 0.917. The molecule has 0 aliphatic carbocycles. The second-order valence-electron chi connectivity index (χ2n) is 4.12. The van der Waals surface area contributed by atoms with E-state index in [0.29, 0.717) is 12.3 Å². The van der Waals surface area contributed by atoms with Gasteiger partial charge in [0.1, 0.15) is 0 Å². The number of rotatable bonds is 9. The fourth-order valence-corrected chi connectivity index (χ4v) is 1.76. The summed E-state index contributed by atoms with van der Waals surface area (Å²) >= 11 is 0. The highest BCUT2D eigenvalue weighted by Gasteiger charge is 2.09. The van der Waals surface area contributed by atoms with Crippen LogP contribution in [-0.4, -0.2) is 19.0 Å². The normalized spacial score (nSPS) is 12.5. The van der Waals surface area contributed by atoms with E-state index in [1.807, 2.05) is 0 Å². The van der Waals surface area contributed by atoms with E-state index < -0.39 is 0 Å². The zero-order chi connectivity index (χ0) is 11.5. The van der Waals surface area contributed by atoms with Crippen molar-refractivity contribution in [3.63, 3.8) is 0 Å². The molecular weight excluding hydrogens is 188 g/mol. The average molecular weight is 214 g/mol. The van der Waals surface area contributed by atoms with Gasteiger partial charge in [0.15, 0.2) is 0 Å². The molecule has 0 fully saturated rings. The Labute approximate surface area is 93.8 Å². The molecule has 90 valence electrons. The van der Waals surface area contributed by atoms with Gasteiger partial charge in [-0.15, -0.1) is 0 Å². The van der Waals surface area contributed by atoms with Crippen molar-refractivity contribution in [3.05, 3.63) is 0 Å². The second kappa shape index (κ2) is 9.97. The summed E-state index contributed by atoms with van der Waals surface area (Å²) < 4.78 is 0. The van der Waals surface area contributed by atoms with Gasteiger partial charge >= 0.3 is 0 Å². The molecule has 0 rings (SSSR count). The van der Waals surface area contributed by atoms with Gasteiger partial charge in [-0.3, -0.25) is 4.79 Å². The van der Waals surface area contributed by atoms with Crippen LogP contribution in [-0.2, 0) is 4.79 Å². The molecule has 1 unspecified atom stereocenters. The molecule has 0 aromatic rings. The highest BCUT2D eigenvalue weighted by Crippen LogP contribution is 2.16. The van der Waals surface area contributed by atoms with E-state index >= 15 is 0 Å². The maximum absolute atomic E-state index is 11.4. The largest absolute Gasteiger partial charge is 0.356 e. The van der Waals surface area contributed by atoms with Crippen molar-refractivity contribution in [1.82, 2.24) is 5.32 Å². The number of hydrogen-bond donors (Lipinski definition) is 2. The lowest BCUT2D eigenvalue weighted by Crippen LogP contribution is -2.24. The zero-order valence-corrected chi connectivity index (χ0v) is 10.2. The molecule has 0 spiro atoms. The molecule has 1 atom stereocenters. The molecule has 0 heterocycles. The standard InChI is InChI=1S/C12H26N2O/c1-3-5-11(8-9-13)6-7-12(15)14-10-4-2/h11H,3-10,13H2,1-2H3,(H,14,15). The van der Waals surface area contributed by atoms with E-state index in [1.54, 1.807) is 0 Å². The number of nitrogens with one attached hydrogen (secondary N) is 1. The molecule has 0 aromatic heterocycles. The van der Waals surface area contributed by atoms with Gasteiger partial charge in [-0.2, -0.15) is 0 Å². The Balaban J connectivity index is 3.62. The Morgan fingerprint density at radius 2 is 1.93 bits per heavy atom. The van der Waals surface area contributed by atoms with Gasteiger partial charge in [0.25, 0.3) is 0 Å². The van der Waals surface area contributed by atoms with Crippen LogP contribution in [0.25, 0.3) is 0 Å². The van der Waals surface area contributed by atoms with Gasteiger partial charge in [0, 0.05) is 13.0 Å². The predicted octanol–water partition coefficient (Wildman–Crippen LogP) is 2.06. The van der Waals surface area contributed by atoms with Crippen LogP contribution in [0.1, 0.15) is 52.4 Å². The second-order valence-corrected chi connectivity index (χ2v) is 4.12. The van der Waals surface area contributed by atoms with Crippen molar-refractivity contribution >= 4 is 5.91 Å². The first-order valence-corrected chi connectivity index (χ1v) is 6.21. The zero-order valence-electron chi connectivity index (χ0n) is 10.2. The van der Waals surface area contributed by atoms with E-state index in [2.05, 4.69) is 19.2 Å². The first-order chi connectivity index (χ1) is 7.24. The number of carbonyl (C=O) groups excluding carboxylic acids is 1. The molecular formula is C12H26N2O. The topological polar surface area (TPSA) is 55.1 Å². The van der Waals surface area contributed by atoms with Crippen molar-refractivity contribution < 1.29 is 4.79 Å². The summed E-state index contributed by atoms with van der Waals surface area (Å²) in [5.74, 6) is 0.822. The Hall–Kier alpha value is -0.570. The molecule has 3 nitrogen and oxygen atoms in total. The number of amides is 1. The smallest absolute Gasteiger partial charge is 0.220 e. The van der Waals surface area contributed by atoms with Crippen molar-refractivity contribution in [2.24, 2.45) is 11.7 Å². The molecule has 0 aliphatic rings. The van der Waals surface area contributed by atoms with E-state index in [0.717, 1.165) is 32.4 Å². The number of nitrogens with two attached hydrogens (primary N) is 1.